The molecule has 39 heavy (non-hydrogen) atoms. The van der Waals surface area contributed by atoms with Crippen molar-refractivity contribution in [3.63, 3.8) is 0 Å². The third kappa shape index (κ3) is 4.34. The molecular formula is C33H34N2O4. The Morgan fingerprint density at radius 1 is 1.03 bits per heavy atom. The molecule has 200 valence electrons. The smallest absolute Gasteiger partial charge is 0.254 e. The van der Waals surface area contributed by atoms with Crippen LogP contribution in [-0.2, 0) is 0 Å². The number of ether oxygens (including phenoxy) is 2. The van der Waals surface area contributed by atoms with Crippen molar-refractivity contribution in [1.29, 1.82) is 0 Å². The van der Waals surface area contributed by atoms with Crippen molar-refractivity contribution in [3.8, 4) is 28.4 Å². The molecule has 0 radical (unpaired) electrons. The average Bonchev–Trinajstić information content (AvgIpc) is 2.92. The molecule has 0 bridgehead atoms. The van der Waals surface area contributed by atoms with Gasteiger partial charge in [-0.05, 0) is 81.5 Å². The number of hydrogen-bond acceptors (Lipinski definition) is 5. The first-order valence-corrected chi connectivity index (χ1v) is 13.6. The molecule has 1 fully saturated rings. The summed E-state index contributed by atoms with van der Waals surface area (Å²) >= 11 is 0. The first-order chi connectivity index (χ1) is 18.8. The van der Waals surface area contributed by atoms with E-state index in [4.69, 9.17) is 9.47 Å². The maximum atomic E-state index is 13.6. The monoisotopic (exact) mass is 522 g/mol. The van der Waals surface area contributed by atoms with Crippen LogP contribution < -0.4 is 14.8 Å². The normalized spacial score (nSPS) is 18.2. The summed E-state index contributed by atoms with van der Waals surface area (Å²) in [5.74, 6) is 1.73. The van der Waals surface area contributed by atoms with Gasteiger partial charge in [-0.2, -0.15) is 0 Å². The van der Waals surface area contributed by atoms with Crippen molar-refractivity contribution in [1.82, 2.24) is 4.90 Å². The third-order valence-corrected chi connectivity index (χ3v) is 7.79. The van der Waals surface area contributed by atoms with E-state index < -0.39 is 0 Å². The standard InChI is InChI=1S/C33H34N2O4/c1-20-19-33(2,3)34-24-13-12-23-29(28(20)24)27(39-26-15-14-25(36)31(38-4)30(23)26)18-21-10-6-7-11-22(21)32(37)35-16-8-5-9-17-35/h6-7,10-15,18-19,34,36H,5,8-9,16-17H2,1-4H3/b27-18-. The zero-order valence-corrected chi connectivity index (χ0v) is 22.9. The molecule has 0 spiro atoms. The number of piperidine rings is 1. The number of likely N-dealkylation sites (tertiary alicyclic amines) is 1. The molecule has 3 aliphatic heterocycles. The average molecular weight is 523 g/mol. The number of rotatable bonds is 3. The van der Waals surface area contributed by atoms with Gasteiger partial charge in [0.25, 0.3) is 5.91 Å². The molecule has 0 saturated carbocycles. The molecule has 3 aliphatic rings. The molecule has 0 unspecified atom stereocenters. The molecule has 1 saturated heterocycles. The lowest BCUT2D eigenvalue weighted by molar-refractivity contribution is 0.0724. The van der Waals surface area contributed by atoms with Crippen LogP contribution in [0.1, 0.15) is 67.1 Å². The number of methoxy groups -OCH3 is 1. The van der Waals surface area contributed by atoms with Gasteiger partial charge >= 0.3 is 0 Å². The molecule has 0 aromatic heterocycles. The highest BCUT2D eigenvalue weighted by Crippen LogP contribution is 2.54. The SMILES string of the molecule is COc1c(O)ccc2c1-c1ccc3c(c1/C(=C/c1ccccc1C(=O)N1CCCCC1)O2)C(C)=CC(C)(C)N3. The van der Waals surface area contributed by atoms with E-state index in [2.05, 4.69) is 44.3 Å². The van der Waals surface area contributed by atoms with Gasteiger partial charge in [0.05, 0.1) is 18.2 Å². The van der Waals surface area contributed by atoms with Crippen LogP contribution in [0.3, 0.4) is 0 Å². The second kappa shape index (κ2) is 9.53. The van der Waals surface area contributed by atoms with Gasteiger partial charge < -0.3 is 24.8 Å². The Morgan fingerprint density at radius 3 is 2.56 bits per heavy atom. The number of fused-ring (bicyclic) bond motifs is 5. The highest BCUT2D eigenvalue weighted by molar-refractivity contribution is 6.04. The van der Waals surface area contributed by atoms with Crippen LogP contribution in [0, 0.1) is 0 Å². The van der Waals surface area contributed by atoms with Crippen molar-refractivity contribution in [3.05, 3.63) is 76.9 Å². The van der Waals surface area contributed by atoms with Crippen LogP contribution in [0.25, 0.3) is 28.5 Å². The number of allylic oxidation sites excluding steroid dienone is 1. The Labute approximate surface area is 229 Å². The summed E-state index contributed by atoms with van der Waals surface area (Å²) in [6.45, 7) is 7.98. The molecular weight excluding hydrogens is 488 g/mol. The van der Waals surface area contributed by atoms with Gasteiger partial charge in [-0.25, -0.2) is 0 Å². The fourth-order valence-corrected chi connectivity index (χ4v) is 6.17. The molecule has 3 aromatic rings. The Hall–Kier alpha value is -4.19. The van der Waals surface area contributed by atoms with E-state index >= 15 is 0 Å². The molecule has 6 heteroatoms. The summed E-state index contributed by atoms with van der Waals surface area (Å²) in [5, 5.41) is 14.2. The van der Waals surface area contributed by atoms with Crippen molar-refractivity contribution in [2.75, 3.05) is 25.5 Å². The Morgan fingerprint density at radius 2 is 1.79 bits per heavy atom. The van der Waals surface area contributed by atoms with Crippen molar-refractivity contribution < 1.29 is 19.4 Å². The largest absolute Gasteiger partial charge is 0.504 e. The van der Waals surface area contributed by atoms with Gasteiger partial charge in [0.1, 0.15) is 11.5 Å². The molecule has 2 N–H and O–H groups in total. The minimum Gasteiger partial charge on any atom is -0.504 e. The van der Waals surface area contributed by atoms with E-state index in [-0.39, 0.29) is 17.2 Å². The summed E-state index contributed by atoms with van der Waals surface area (Å²) in [4.78, 5) is 15.5. The Balaban J connectivity index is 1.57. The van der Waals surface area contributed by atoms with Crippen LogP contribution in [0.5, 0.6) is 17.2 Å². The number of hydrogen-bond donors (Lipinski definition) is 2. The number of carbonyl (C=O) groups is 1. The third-order valence-electron chi connectivity index (χ3n) is 7.79. The van der Waals surface area contributed by atoms with Crippen LogP contribution in [0.2, 0.25) is 0 Å². The first kappa shape index (κ1) is 25.1. The number of phenolic OH excluding ortho intramolecular Hbond substituents is 1. The maximum absolute atomic E-state index is 13.6. The van der Waals surface area contributed by atoms with E-state index in [1.807, 2.05) is 35.2 Å². The quantitative estimate of drug-likeness (QED) is 0.381. The zero-order chi connectivity index (χ0) is 27.3. The van der Waals surface area contributed by atoms with E-state index in [0.29, 0.717) is 28.4 Å². The van der Waals surface area contributed by atoms with Crippen LogP contribution >= 0.6 is 0 Å². The van der Waals surface area contributed by atoms with Crippen molar-refractivity contribution in [2.24, 2.45) is 0 Å². The molecule has 3 heterocycles. The number of carbonyl (C=O) groups excluding carboxylic acids is 1. The molecule has 6 nitrogen and oxygen atoms in total. The van der Waals surface area contributed by atoms with E-state index in [9.17, 15) is 9.90 Å². The lowest BCUT2D eigenvalue weighted by Crippen LogP contribution is -2.35. The topological polar surface area (TPSA) is 71.0 Å². The molecule has 0 aliphatic carbocycles. The van der Waals surface area contributed by atoms with Gasteiger partial charge in [-0.15, -0.1) is 0 Å². The molecule has 1 amide bonds. The summed E-state index contributed by atoms with van der Waals surface area (Å²) in [6, 6.07) is 15.2. The lowest BCUT2D eigenvalue weighted by Gasteiger charge is -2.35. The van der Waals surface area contributed by atoms with Gasteiger partial charge in [-0.3, -0.25) is 4.79 Å². The molecule has 6 rings (SSSR count). The first-order valence-electron chi connectivity index (χ1n) is 13.6. The second-order valence-electron chi connectivity index (χ2n) is 11.1. The number of anilines is 1. The second-order valence-corrected chi connectivity index (χ2v) is 11.1. The molecule has 0 atom stereocenters. The number of phenols is 1. The van der Waals surface area contributed by atoms with Gasteiger partial charge in [-0.1, -0.05) is 30.3 Å². The summed E-state index contributed by atoms with van der Waals surface area (Å²) in [5.41, 5.74) is 6.97. The fourth-order valence-electron chi connectivity index (χ4n) is 6.17. The zero-order valence-electron chi connectivity index (χ0n) is 22.9. The van der Waals surface area contributed by atoms with E-state index in [1.54, 1.807) is 19.2 Å². The molecule has 3 aromatic carbocycles. The predicted octanol–water partition coefficient (Wildman–Crippen LogP) is 7.19. The van der Waals surface area contributed by atoms with Crippen molar-refractivity contribution >= 4 is 29.0 Å². The number of aromatic hydroxyl groups is 1. The maximum Gasteiger partial charge on any atom is 0.254 e. The lowest BCUT2D eigenvalue weighted by atomic mass is 9.82. The van der Waals surface area contributed by atoms with Gasteiger partial charge in [0.2, 0.25) is 0 Å². The number of benzene rings is 3. The van der Waals surface area contributed by atoms with Crippen LogP contribution in [0.4, 0.5) is 5.69 Å². The van der Waals surface area contributed by atoms with Crippen molar-refractivity contribution in [2.45, 2.75) is 45.6 Å². The van der Waals surface area contributed by atoms with Crippen LogP contribution in [-0.4, -0.2) is 41.7 Å². The van der Waals surface area contributed by atoms with Gasteiger partial charge in [0.15, 0.2) is 11.5 Å². The number of amides is 1. The van der Waals surface area contributed by atoms with E-state index in [1.165, 1.54) is 6.42 Å². The highest BCUT2D eigenvalue weighted by Gasteiger charge is 2.33. The summed E-state index contributed by atoms with van der Waals surface area (Å²) in [7, 11) is 1.55. The minimum absolute atomic E-state index is 0.0553. The van der Waals surface area contributed by atoms with Gasteiger partial charge in [0, 0.05) is 41.0 Å². The number of nitrogens with one attached hydrogen (secondary N) is 1. The summed E-state index contributed by atoms with van der Waals surface area (Å²) < 4.78 is 12.2. The summed E-state index contributed by atoms with van der Waals surface area (Å²) in [6.07, 6.45) is 7.44. The van der Waals surface area contributed by atoms with Crippen LogP contribution in [0.15, 0.2) is 54.6 Å². The predicted molar refractivity (Wildman–Crippen MR) is 156 cm³/mol. The minimum atomic E-state index is -0.202. The fraction of sp³-hybridized carbons (Fsp3) is 0.303. The Bertz CT molecular complexity index is 1540. The number of nitrogens with zero attached hydrogens (tertiary/aromatic N) is 1. The Kier molecular flexibility index (Phi) is 6.13. The van der Waals surface area contributed by atoms with E-state index in [0.717, 1.165) is 59.4 Å². The highest BCUT2D eigenvalue weighted by atomic mass is 16.5.